The van der Waals surface area contributed by atoms with E-state index in [-0.39, 0.29) is 48.3 Å². The summed E-state index contributed by atoms with van der Waals surface area (Å²) in [6.07, 6.45) is 6.69. The van der Waals surface area contributed by atoms with Gasteiger partial charge in [0.25, 0.3) is 0 Å². The number of aryl methyl sites for hydroxylation is 2. The van der Waals surface area contributed by atoms with Crippen molar-refractivity contribution in [1.29, 1.82) is 0 Å². The van der Waals surface area contributed by atoms with Gasteiger partial charge in [0, 0.05) is 24.7 Å². The van der Waals surface area contributed by atoms with Gasteiger partial charge in [0.1, 0.15) is 5.75 Å². The van der Waals surface area contributed by atoms with Crippen molar-refractivity contribution in [3.05, 3.63) is 65.7 Å². The third-order valence-corrected chi connectivity index (χ3v) is 7.50. The highest BCUT2D eigenvalue weighted by Crippen LogP contribution is 2.39. The molecule has 186 valence electrons. The molecule has 7 heteroatoms. The van der Waals surface area contributed by atoms with E-state index in [4.69, 9.17) is 4.74 Å². The molecule has 0 radical (unpaired) electrons. The lowest BCUT2D eigenvalue weighted by Gasteiger charge is -2.23. The highest BCUT2D eigenvalue weighted by atomic mass is 16.5. The van der Waals surface area contributed by atoms with Gasteiger partial charge in [-0.15, -0.1) is 0 Å². The Hall–Kier alpha value is -3.74. The van der Waals surface area contributed by atoms with E-state index < -0.39 is 11.9 Å². The van der Waals surface area contributed by atoms with Crippen LogP contribution >= 0.6 is 0 Å². The Morgan fingerprint density at radius 2 is 1.53 bits per heavy atom. The Kier molecular flexibility index (Phi) is 6.48. The summed E-state index contributed by atoms with van der Waals surface area (Å²) in [5, 5.41) is 0. The number of amides is 3. The predicted octanol–water partition coefficient (Wildman–Crippen LogP) is 4.23. The van der Waals surface area contributed by atoms with Crippen LogP contribution in [0, 0.1) is 17.8 Å². The fourth-order valence-electron chi connectivity index (χ4n) is 5.58. The van der Waals surface area contributed by atoms with E-state index in [1.54, 1.807) is 29.2 Å². The van der Waals surface area contributed by atoms with Crippen molar-refractivity contribution in [3.8, 4) is 5.75 Å². The van der Waals surface area contributed by atoms with Crippen LogP contribution in [0.1, 0.15) is 44.2 Å². The fraction of sp³-hybridized carbons (Fsp3) is 0.379. The summed E-state index contributed by atoms with van der Waals surface area (Å²) >= 11 is 0. The molecule has 2 aromatic carbocycles. The lowest BCUT2D eigenvalue weighted by Crippen LogP contribution is -2.31. The first-order valence-corrected chi connectivity index (χ1v) is 12.7. The largest absolute Gasteiger partial charge is 0.426 e. The second kappa shape index (κ2) is 9.72. The lowest BCUT2D eigenvalue weighted by molar-refractivity contribution is -0.139. The molecule has 5 rings (SSSR count). The zero-order valence-electron chi connectivity index (χ0n) is 20.6. The maximum absolute atomic E-state index is 13.1. The number of benzene rings is 2. The third-order valence-electron chi connectivity index (χ3n) is 7.50. The highest BCUT2D eigenvalue weighted by molar-refractivity contribution is 6.22. The summed E-state index contributed by atoms with van der Waals surface area (Å²) in [5.41, 5.74) is 3.48. The Morgan fingerprint density at radius 1 is 0.917 bits per heavy atom. The van der Waals surface area contributed by atoms with E-state index in [2.05, 4.69) is 13.8 Å². The number of anilines is 2. The molecule has 3 aliphatic rings. The molecule has 0 unspecified atom stereocenters. The van der Waals surface area contributed by atoms with Gasteiger partial charge in [0.05, 0.1) is 23.4 Å². The van der Waals surface area contributed by atoms with Gasteiger partial charge < -0.3 is 9.64 Å². The van der Waals surface area contributed by atoms with E-state index in [0.717, 1.165) is 29.7 Å². The smallest absolute Gasteiger partial charge is 0.316 e. The number of carbonyl (C=O) groups excluding carboxylic acids is 4. The Morgan fingerprint density at radius 3 is 2.14 bits per heavy atom. The molecule has 3 amide bonds. The molecule has 2 heterocycles. The second-order valence-corrected chi connectivity index (χ2v) is 9.62. The van der Waals surface area contributed by atoms with Gasteiger partial charge in [-0.1, -0.05) is 50.3 Å². The number of carbonyl (C=O) groups is 4. The van der Waals surface area contributed by atoms with Gasteiger partial charge in [0.15, 0.2) is 0 Å². The molecule has 2 saturated heterocycles. The summed E-state index contributed by atoms with van der Waals surface area (Å²) in [6.45, 7) is 4.37. The van der Waals surface area contributed by atoms with Crippen molar-refractivity contribution in [2.24, 2.45) is 17.8 Å². The van der Waals surface area contributed by atoms with Gasteiger partial charge in [-0.05, 0) is 48.9 Å². The first-order chi connectivity index (χ1) is 17.4. The van der Waals surface area contributed by atoms with Gasteiger partial charge in [-0.2, -0.15) is 0 Å². The summed E-state index contributed by atoms with van der Waals surface area (Å²) in [7, 11) is 0. The maximum atomic E-state index is 13.1. The van der Waals surface area contributed by atoms with Crippen LogP contribution in [0.15, 0.2) is 54.6 Å². The molecule has 1 aliphatic carbocycles. The molecule has 0 bridgehead atoms. The van der Waals surface area contributed by atoms with Gasteiger partial charge in [-0.3, -0.25) is 19.2 Å². The minimum absolute atomic E-state index is 0.0825. The topological polar surface area (TPSA) is 84.0 Å². The Labute approximate surface area is 210 Å². The normalized spacial score (nSPS) is 23.4. The number of imide groups is 1. The second-order valence-electron chi connectivity index (χ2n) is 9.62. The van der Waals surface area contributed by atoms with Crippen molar-refractivity contribution in [2.45, 2.75) is 46.0 Å². The Balaban J connectivity index is 1.32. The van der Waals surface area contributed by atoms with Crippen molar-refractivity contribution in [3.63, 3.8) is 0 Å². The van der Waals surface area contributed by atoms with Crippen LogP contribution in [-0.2, 0) is 32.0 Å². The first kappa shape index (κ1) is 24.0. The van der Waals surface area contributed by atoms with Crippen molar-refractivity contribution >= 4 is 35.1 Å². The molecule has 0 saturated carbocycles. The summed E-state index contributed by atoms with van der Waals surface area (Å²) in [4.78, 5) is 54.8. The zero-order chi connectivity index (χ0) is 25.4. The van der Waals surface area contributed by atoms with Crippen LogP contribution in [0.25, 0.3) is 0 Å². The van der Waals surface area contributed by atoms with E-state index in [0.29, 0.717) is 18.5 Å². The van der Waals surface area contributed by atoms with Crippen molar-refractivity contribution < 1.29 is 23.9 Å². The highest BCUT2D eigenvalue weighted by Gasteiger charge is 2.48. The molecular formula is C29H30N2O5. The molecule has 2 aliphatic heterocycles. The summed E-state index contributed by atoms with van der Waals surface area (Å²) in [6, 6.07) is 12.5. The number of rotatable bonds is 6. The standard InChI is InChI=1S/C29H30N2O5/c1-3-18-9-7-10-19(4-2)26(18)30-17-20(15-25(30)32)29(35)36-22-12-8-11-21(16-22)31-27(33)23-13-5-6-14-24(23)28(31)34/h5-12,16,20,23-24H,3-4,13-15,17H2,1-2H3/t20-,23-,24+/m0/s1. The monoisotopic (exact) mass is 486 g/mol. The Bertz CT molecular complexity index is 1220. The van der Waals surface area contributed by atoms with Gasteiger partial charge in [0.2, 0.25) is 17.7 Å². The van der Waals surface area contributed by atoms with Crippen LogP contribution in [0.5, 0.6) is 5.75 Å². The molecule has 0 N–H and O–H groups in total. The van der Waals surface area contributed by atoms with Crippen LogP contribution in [0.3, 0.4) is 0 Å². The lowest BCUT2D eigenvalue weighted by atomic mass is 9.85. The van der Waals surface area contributed by atoms with Crippen LogP contribution < -0.4 is 14.5 Å². The number of nitrogens with zero attached hydrogens (tertiary/aromatic N) is 2. The quantitative estimate of drug-likeness (QED) is 0.264. The van der Waals surface area contributed by atoms with Crippen LogP contribution in [0.2, 0.25) is 0 Å². The SMILES string of the molecule is CCc1cccc(CC)c1N1C[C@@H](C(=O)Oc2cccc(N3C(=O)[C@H]4CC=CC[C@H]4C3=O)c2)CC1=O. The fourth-order valence-corrected chi connectivity index (χ4v) is 5.58. The number of esters is 1. The summed E-state index contributed by atoms with van der Waals surface area (Å²) < 4.78 is 5.65. The van der Waals surface area contributed by atoms with Crippen LogP contribution in [-0.4, -0.2) is 30.2 Å². The van der Waals surface area contributed by atoms with E-state index in [9.17, 15) is 19.2 Å². The van der Waals surface area contributed by atoms with Crippen molar-refractivity contribution in [2.75, 3.05) is 16.3 Å². The van der Waals surface area contributed by atoms with Gasteiger partial charge >= 0.3 is 5.97 Å². The maximum Gasteiger partial charge on any atom is 0.316 e. The average molecular weight is 487 g/mol. The molecule has 2 aromatic rings. The molecule has 0 spiro atoms. The molecule has 36 heavy (non-hydrogen) atoms. The van der Waals surface area contributed by atoms with E-state index in [1.165, 1.54) is 4.90 Å². The third kappa shape index (κ3) is 4.12. The molecule has 3 atom stereocenters. The molecular weight excluding hydrogens is 456 g/mol. The molecule has 7 nitrogen and oxygen atoms in total. The number of allylic oxidation sites excluding steroid dienone is 2. The summed E-state index contributed by atoms with van der Waals surface area (Å²) in [5.74, 6) is -2.02. The van der Waals surface area contributed by atoms with Crippen molar-refractivity contribution in [1.82, 2.24) is 0 Å². The van der Waals surface area contributed by atoms with E-state index >= 15 is 0 Å². The molecule has 0 aromatic heterocycles. The van der Waals surface area contributed by atoms with E-state index in [1.807, 2.05) is 30.4 Å². The number of fused-ring (bicyclic) bond motifs is 1. The first-order valence-electron chi connectivity index (χ1n) is 12.7. The average Bonchev–Trinajstić information content (AvgIpc) is 3.40. The number of para-hydroxylation sites is 1. The number of hydrogen-bond donors (Lipinski definition) is 0. The minimum atomic E-state index is -0.597. The zero-order valence-corrected chi connectivity index (χ0v) is 20.6. The number of ether oxygens (including phenoxy) is 1. The number of hydrogen-bond acceptors (Lipinski definition) is 5. The predicted molar refractivity (Wildman–Crippen MR) is 136 cm³/mol. The van der Waals surface area contributed by atoms with Crippen LogP contribution in [0.4, 0.5) is 11.4 Å². The minimum Gasteiger partial charge on any atom is -0.426 e. The van der Waals surface area contributed by atoms with Gasteiger partial charge in [-0.25, -0.2) is 4.90 Å². The molecule has 2 fully saturated rings.